The maximum Gasteiger partial charge on any atom is 0.411 e. The fourth-order valence-electron chi connectivity index (χ4n) is 3.62. The highest BCUT2D eigenvalue weighted by molar-refractivity contribution is 5.70. The lowest BCUT2D eigenvalue weighted by Crippen LogP contribution is -2.50. The highest BCUT2D eigenvalue weighted by Gasteiger charge is 2.44. The Balaban J connectivity index is 1.84. The molecule has 0 aliphatic carbocycles. The van der Waals surface area contributed by atoms with Gasteiger partial charge < -0.3 is 25.0 Å². The van der Waals surface area contributed by atoms with Gasteiger partial charge in [-0.25, -0.2) is 9.18 Å². The van der Waals surface area contributed by atoms with Gasteiger partial charge in [-0.15, -0.1) is 0 Å². The van der Waals surface area contributed by atoms with Crippen LogP contribution in [0.1, 0.15) is 36.9 Å². The van der Waals surface area contributed by atoms with Gasteiger partial charge in [-0.2, -0.15) is 0 Å². The highest BCUT2D eigenvalue weighted by Crippen LogP contribution is 2.40. The Kier molecular flexibility index (Phi) is 5.86. The SMILES string of the molecule is C[C@@H](c1ccc(O)cc1)N1CC[C@](CC(O)CO)(c2ccc(F)cc2)OC1=O. The highest BCUT2D eigenvalue weighted by atomic mass is 19.1. The fraction of sp³-hybridized carbons (Fsp3) is 0.381. The van der Waals surface area contributed by atoms with Crippen LogP contribution in [0.5, 0.6) is 5.75 Å². The number of amides is 1. The van der Waals surface area contributed by atoms with Crippen LogP contribution in [0.3, 0.4) is 0 Å². The monoisotopic (exact) mass is 389 g/mol. The molecule has 28 heavy (non-hydrogen) atoms. The fourth-order valence-corrected chi connectivity index (χ4v) is 3.62. The van der Waals surface area contributed by atoms with Gasteiger partial charge in [-0.1, -0.05) is 24.3 Å². The summed E-state index contributed by atoms with van der Waals surface area (Å²) in [5, 5.41) is 28.7. The number of benzene rings is 2. The Morgan fingerprint density at radius 1 is 1.18 bits per heavy atom. The summed E-state index contributed by atoms with van der Waals surface area (Å²) in [7, 11) is 0. The molecule has 6 nitrogen and oxygen atoms in total. The lowest BCUT2D eigenvalue weighted by molar-refractivity contribution is -0.0892. The van der Waals surface area contributed by atoms with Gasteiger partial charge in [0.1, 0.15) is 17.2 Å². The molecular formula is C21H24FNO5. The second kappa shape index (κ2) is 8.16. The van der Waals surface area contributed by atoms with Crippen molar-refractivity contribution < 1.29 is 29.2 Å². The number of rotatable bonds is 6. The van der Waals surface area contributed by atoms with E-state index in [-0.39, 0.29) is 18.2 Å². The number of hydrogen-bond donors (Lipinski definition) is 3. The Hall–Kier alpha value is -2.64. The number of ether oxygens (including phenoxy) is 1. The zero-order valence-electron chi connectivity index (χ0n) is 15.6. The van der Waals surface area contributed by atoms with E-state index in [0.717, 1.165) is 5.56 Å². The van der Waals surface area contributed by atoms with E-state index in [2.05, 4.69) is 0 Å². The predicted molar refractivity (Wildman–Crippen MR) is 100 cm³/mol. The molecule has 0 saturated carbocycles. The quantitative estimate of drug-likeness (QED) is 0.706. The molecule has 3 N–H and O–H groups in total. The van der Waals surface area contributed by atoms with Crippen LogP contribution in [0.2, 0.25) is 0 Å². The number of aromatic hydroxyl groups is 1. The number of cyclic esters (lactones) is 1. The first-order chi connectivity index (χ1) is 13.3. The molecule has 0 spiro atoms. The summed E-state index contributed by atoms with van der Waals surface area (Å²) >= 11 is 0. The number of hydrogen-bond acceptors (Lipinski definition) is 5. The molecule has 0 bridgehead atoms. The Morgan fingerprint density at radius 3 is 2.39 bits per heavy atom. The van der Waals surface area contributed by atoms with Crippen molar-refractivity contribution in [2.45, 2.75) is 37.5 Å². The third-order valence-electron chi connectivity index (χ3n) is 5.26. The van der Waals surface area contributed by atoms with Gasteiger partial charge in [0.05, 0.1) is 18.8 Å². The van der Waals surface area contributed by atoms with Crippen LogP contribution in [-0.4, -0.2) is 45.6 Å². The van der Waals surface area contributed by atoms with Gasteiger partial charge in [-0.3, -0.25) is 0 Å². The second-order valence-electron chi connectivity index (χ2n) is 7.12. The van der Waals surface area contributed by atoms with Gasteiger partial charge in [0.25, 0.3) is 0 Å². The molecule has 0 radical (unpaired) electrons. The molecule has 3 rings (SSSR count). The molecule has 2 aromatic carbocycles. The maximum atomic E-state index is 13.3. The van der Waals surface area contributed by atoms with Crippen molar-refractivity contribution in [3.63, 3.8) is 0 Å². The van der Waals surface area contributed by atoms with Crippen molar-refractivity contribution in [2.75, 3.05) is 13.2 Å². The summed E-state index contributed by atoms with van der Waals surface area (Å²) < 4.78 is 19.1. The summed E-state index contributed by atoms with van der Waals surface area (Å²) in [4.78, 5) is 14.4. The molecule has 1 aliphatic rings. The van der Waals surface area contributed by atoms with Crippen molar-refractivity contribution in [3.05, 3.63) is 65.5 Å². The van der Waals surface area contributed by atoms with Crippen LogP contribution in [0, 0.1) is 5.82 Å². The molecule has 1 unspecified atom stereocenters. The van der Waals surface area contributed by atoms with Gasteiger partial charge in [0, 0.05) is 19.4 Å². The van der Waals surface area contributed by atoms with Crippen molar-refractivity contribution >= 4 is 6.09 Å². The molecule has 7 heteroatoms. The number of phenols is 1. The normalized spacial score (nSPS) is 21.9. The number of aliphatic hydroxyl groups excluding tert-OH is 2. The average molecular weight is 389 g/mol. The maximum absolute atomic E-state index is 13.3. The molecule has 1 saturated heterocycles. The summed E-state index contributed by atoms with van der Waals surface area (Å²) in [5.74, 6) is -0.267. The molecule has 1 aliphatic heterocycles. The average Bonchev–Trinajstić information content (AvgIpc) is 2.68. The molecule has 1 fully saturated rings. The Labute approximate surface area is 162 Å². The summed E-state index contributed by atoms with van der Waals surface area (Å²) in [6.45, 7) is 1.76. The lowest BCUT2D eigenvalue weighted by atomic mass is 9.83. The van der Waals surface area contributed by atoms with Crippen LogP contribution < -0.4 is 0 Å². The van der Waals surface area contributed by atoms with E-state index in [9.17, 15) is 24.5 Å². The number of nitrogens with zero attached hydrogens (tertiary/aromatic N) is 1. The van der Waals surface area contributed by atoms with Crippen LogP contribution in [0.25, 0.3) is 0 Å². The zero-order chi connectivity index (χ0) is 20.3. The number of phenolic OH excluding ortho intramolecular Hbond substituents is 1. The van der Waals surface area contributed by atoms with Gasteiger partial charge in [0.15, 0.2) is 0 Å². The van der Waals surface area contributed by atoms with Crippen molar-refractivity contribution in [3.8, 4) is 5.75 Å². The first kappa shape index (κ1) is 20.1. The molecule has 150 valence electrons. The van der Waals surface area contributed by atoms with E-state index in [0.29, 0.717) is 18.5 Å². The third kappa shape index (κ3) is 4.10. The van der Waals surface area contributed by atoms with E-state index in [1.807, 2.05) is 6.92 Å². The first-order valence-corrected chi connectivity index (χ1v) is 9.18. The standard InChI is InChI=1S/C21H24FNO5/c1-14(15-2-8-18(25)9-3-15)23-11-10-21(28-20(23)27,12-19(26)13-24)16-4-6-17(22)7-5-16/h2-9,14,19,24-26H,10-13H2,1H3/t14-,19?,21-/m0/s1. The van der Waals surface area contributed by atoms with E-state index in [1.165, 1.54) is 24.3 Å². The van der Waals surface area contributed by atoms with Crippen molar-refractivity contribution in [1.82, 2.24) is 4.90 Å². The zero-order valence-corrected chi connectivity index (χ0v) is 15.6. The minimum Gasteiger partial charge on any atom is -0.508 e. The largest absolute Gasteiger partial charge is 0.508 e. The molecular weight excluding hydrogens is 365 g/mol. The minimum atomic E-state index is -1.14. The topological polar surface area (TPSA) is 90.2 Å². The van der Waals surface area contributed by atoms with E-state index in [4.69, 9.17) is 4.74 Å². The van der Waals surface area contributed by atoms with Gasteiger partial charge >= 0.3 is 6.09 Å². The van der Waals surface area contributed by atoms with Gasteiger partial charge in [0.2, 0.25) is 0 Å². The number of carbonyl (C=O) groups excluding carboxylic acids is 1. The number of aliphatic hydroxyl groups is 2. The number of halogens is 1. The smallest absolute Gasteiger partial charge is 0.411 e. The predicted octanol–water partition coefficient (Wildman–Crippen LogP) is 3.07. The lowest BCUT2D eigenvalue weighted by Gasteiger charge is -2.44. The molecule has 1 heterocycles. The Bertz CT molecular complexity index is 811. The van der Waals surface area contributed by atoms with Gasteiger partial charge in [-0.05, 0) is 42.3 Å². The first-order valence-electron chi connectivity index (χ1n) is 9.18. The third-order valence-corrected chi connectivity index (χ3v) is 5.26. The van der Waals surface area contributed by atoms with Crippen LogP contribution >= 0.6 is 0 Å². The van der Waals surface area contributed by atoms with Crippen LogP contribution in [0.4, 0.5) is 9.18 Å². The van der Waals surface area contributed by atoms with E-state index < -0.39 is 30.2 Å². The summed E-state index contributed by atoms with van der Waals surface area (Å²) in [5.41, 5.74) is 0.282. The number of carbonyl (C=O) groups is 1. The van der Waals surface area contributed by atoms with Crippen LogP contribution in [-0.2, 0) is 10.3 Å². The van der Waals surface area contributed by atoms with E-state index in [1.54, 1.807) is 29.2 Å². The van der Waals surface area contributed by atoms with Crippen LogP contribution in [0.15, 0.2) is 48.5 Å². The molecule has 1 amide bonds. The molecule has 0 aromatic heterocycles. The van der Waals surface area contributed by atoms with E-state index >= 15 is 0 Å². The second-order valence-corrected chi connectivity index (χ2v) is 7.12. The molecule has 2 aromatic rings. The molecule has 3 atom stereocenters. The summed E-state index contributed by atoms with van der Waals surface area (Å²) in [6.07, 6.45) is -1.23. The van der Waals surface area contributed by atoms with Crippen molar-refractivity contribution in [1.29, 1.82) is 0 Å². The van der Waals surface area contributed by atoms with Crippen molar-refractivity contribution in [2.24, 2.45) is 0 Å². The Morgan fingerprint density at radius 2 is 1.82 bits per heavy atom. The minimum absolute atomic E-state index is 0.0162. The summed E-state index contributed by atoms with van der Waals surface area (Å²) in [6, 6.07) is 11.9.